The Morgan fingerprint density at radius 3 is 0.946 bits per heavy atom. The predicted octanol–water partition coefficient (Wildman–Crippen LogP) is 3.59. The summed E-state index contributed by atoms with van der Waals surface area (Å²) in [5, 5.41) is 0. The van der Waals surface area contributed by atoms with E-state index < -0.39 is 0 Å². The van der Waals surface area contributed by atoms with Crippen molar-refractivity contribution in [3.05, 3.63) is 0 Å². The van der Waals surface area contributed by atoms with Gasteiger partial charge in [-0.2, -0.15) is 0 Å². The van der Waals surface area contributed by atoms with Gasteiger partial charge in [-0.3, -0.25) is 9.80 Å². The van der Waals surface area contributed by atoms with Crippen molar-refractivity contribution in [3.63, 3.8) is 0 Å². The summed E-state index contributed by atoms with van der Waals surface area (Å²) < 4.78 is 37.9. The molecule has 0 atom stereocenters. The van der Waals surface area contributed by atoms with Crippen LogP contribution in [0.25, 0.3) is 0 Å². The first-order chi connectivity index (χ1) is 18.2. The Kier molecular flexibility index (Phi) is 37.4. The Hall–Kier alpha value is -0.360. The molecule has 9 heteroatoms. The molecule has 0 heterocycles. The molecule has 0 amide bonds. The first kappa shape index (κ1) is 38.8. The minimum Gasteiger partial charge on any atom is -0.385 e. The van der Waals surface area contributed by atoms with Crippen LogP contribution in [-0.2, 0) is 33.2 Å². The van der Waals surface area contributed by atoms with Crippen LogP contribution in [0.2, 0.25) is 0 Å². The van der Waals surface area contributed by atoms with Gasteiger partial charge in [0.1, 0.15) is 0 Å². The molecular weight excluding hydrogens is 476 g/mol. The zero-order chi connectivity index (χ0) is 27.7. The van der Waals surface area contributed by atoms with Gasteiger partial charge in [0.05, 0.1) is 66.1 Å². The lowest BCUT2D eigenvalue weighted by atomic mass is 10.4. The highest BCUT2D eigenvalue weighted by atomic mass is 16.5. The lowest BCUT2D eigenvalue weighted by Crippen LogP contribution is -2.32. The maximum absolute atomic E-state index is 5.72. The van der Waals surface area contributed by atoms with Crippen LogP contribution in [0.4, 0.5) is 0 Å². The molecule has 0 aromatic carbocycles. The molecule has 0 N–H and O–H groups in total. The quantitative estimate of drug-likeness (QED) is 0.133. The minimum absolute atomic E-state index is 0.605. The van der Waals surface area contributed by atoms with Gasteiger partial charge in [0.2, 0.25) is 0 Å². The van der Waals surface area contributed by atoms with Gasteiger partial charge in [-0.1, -0.05) is 27.7 Å². The maximum atomic E-state index is 5.72. The highest BCUT2D eigenvalue weighted by Crippen LogP contribution is 1.94. The number of hydrogen-bond acceptors (Lipinski definition) is 9. The number of rotatable bonds is 29. The van der Waals surface area contributed by atoms with Crippen molar-refractivity contribution >= 4 is 0 Å². The Balaban J connectivity index is 0. The van der Waals surface area contributed by atoms with Crippen molar-refractivity contribution in [1.29, 1.82) is 0 Å². The highest BCUT2D eigenvalue weighted by molar-refractivity contribution is 4.57. The molecule has 0 rings (SSSR count). The van der Waals surface area contributed by atoms with E-state index in [1.165, 1.54) is 0 Å². The van der Waals surface area contributed by atoms with Crippen LogP contribution in [0.5, 0.6) is 0 Å². The lowest BCUT2D eigenvalue weighted by Gasteiger charge is -2.21. The molecule has 37 heavy (non-hydrogen) atoms. The van der Waals surface area contributed by atoms with Crippen LogP contribution >= 0.6 is 0 Å². The second kappa shape index (κ2) is 35.6. The van der Waals surface area contributed by atoms with Gasteiger partial charge in [0.15, 0.2) is 0 Å². The molecule has 0 saturated carbocycles. The third-order valence-electron chi connectivity index (χ3n) is 5.22. The molecule has 9 nitrogen and oxygen atoms in total. The molecule has 0 aliphatic rings. The van der Waals surface area contributed by atoms with E-state index in [-0.39, 0.29) is 0 Å². The zero-order valence-corrected chi connectivity index (χ0v) is 25.3. The molecule has 226 valence electrons. The van der Waals surface area contributed by atoms with Crippen molar-refractivity contribution < 1.29 is 33.2 Å². The van der Waals surface area contributed by atoms with Gasteiger partial charge in [-0.15, -0.1) is 0 Å². The fourth-order valence-corrected chi connectivity index (χ4v) is 3.32. The molecule has 0 radical (unpaired) electrons. The summed E-state index contributed by atoms with van der Waals surface area (Å²) in [4.78, 5) is 4.75. The summed E-state index contributed by atoms with van der Waals surface area (Å²) in [6, 6.07) is 0. The Morgan fingerprint density at radius 1 is 0.324 bits per heavy atom. The topological polar surface area (TPSA) is 71.1 Å². The molecule has 0 aliphatic heterocycles. The fraction of sp³-hybridized carbons (Fsp3) is 1.00. The smallest absolute Gasteiger partial charge is 0.0701 e. The molecule has 0 saturated heterocycles. The van der Waals surface area contributed by atoms with Gasteiger partial charge in [-0.25, -0.2) is 0 Å². The molecule has 0 aromatic heterocycles. The van der Waals surface area contributed by atoms with E-state index in [4.69, 9.17) is 33.2 Å². The molecule has 0 spiro atoms. The number of methoxy groups -OCH3 is 2. The average Bonchev–Trinajstić information content (AvgIpc) is 2.90. The largest absolute Gasteiger partial charge is 0.385 e. The summed E-state index contributed by atoms with van der Waals surface area (Å²) in [5.41, 5.74) is 0. The average molecular weight is 539 g/mol. The SMILES string of the molecule is CCCOC.CCCOCCOCCN(CCC)CCOCCOCCOCCN(CCC)CCOC. The van der Waals surface area contributed by atoms with E-state index in [2.05, 4.69) is 37.5 Å². The van der Waals surface area contributed by atoms with Crippen molar-refractivity contribution in [2.24, 2.45) is 0 Å². The Morgan fingerprint density at radius 2 is 0.649 bits per heavy atom. The monoisotopic (exact) mass is 538 g/mol. The minimum atomic E-state index is 0.605. The Bertz CT molecular complexity index is 394. The summed E-state index contributed by atoms with van der Waals surface area (Å²) >= 11 is 0. The van der Waals surface area contributed by atoms with Crippen molar-refractivity contribution in [2.45, 2.75) is 53.4 Å². The van der Waals surface area contributed by atoms with E-state index in [9.17, 15) is 0 Å². The van der Waals surface area contributed by atoms with E-state index >= 15 is 0 Å². The standard InChI is InChI=1S/C24H52N2O6.C4H10O/c1-5-8-25(10-15-27-4)11-16-30-21-23-32-24-22-31-18-13-26(9-6-2)12-17-29-20-19-28-14-7-3;1-3-4-5-2/h5-24H2,1-4H3;3-4H2,1-2H3. The number of ether oxygens (including phenoxy) is 7. The fourth-order valence-electron chi connectivity index (χ4n) is 3.32. The zero-order valence-electron chi connectivity index (χ0n) is 25.3. The van der Waals surface area contributed by atoms with Gasteiger partial charge >= 0.3 is 0 Å². The first-order valence-corrected chi connectivity index (χ1v) is 14.5. The Labute approximate surface area is 229 Å². The lowest BCUT2D eigenvalue weighted by molar-refractivity contribution is 0.00365. The second-order valence-electron chi connectivity index (χ2n) is 8.73. The van der Waals surface area contributed by atoms with Crippen LogP contribution in [0.15, 0.2) is 0 Å². The van der Waals surface area contributed by atoms with Gasteiger partial charge < -0.3 is 33.2 Å². The first-order valence-electron chi connectivity index (χ1n) is 14.5. The van der Waals surface area contributed by atoms with Crippen molar-refractivity contribution in [3.8, 4) is 0 Å². The molecule has 0 bridgehead atoms. The molecular formula is C28H62N2O7. The van der Waals surface area contributed by atoms with Crippen LogP contribution < -0.4 is 0 Å². The normalized spacial score (nSPS) is 11.4. The molecule has 0 aliphatic carbocycles. The predicted molar refractivity (Wildman–Crippen MR) is 152 cm³/mol. The molecule has 0 unspecified atom stereocenters. The van der Waals surface area contributed by atoms with Crippen LogP contribution in [0, 0.1) is 0 Å². The van der Waals surface area contributed by atoms with Gasteiger partial charge in [0, 0.05) is 53.6 Å². The summed E-state index contributed by atoms with van der Waals surface area (Å²) in [6.45, 7) is 22.9. The van der Waals surface area contributed by atoms with E-state index in [1.807, 2.05) is 0 Å². The summed E-state index contributed by atoms with van der Waals surface area (Å²) in [5.74, 6) is 0. The van der Waals surface area contributed by atoms with Crippen LogP contribution in [0.1, 0.15) is 53.4 Å². The van der Waals surface area contributed by atoms with Crippen molar-refractivity contribution in [1.82, 2.24) is 9.80 Å². The van der Waals surface area contributed by atoms with E-state index in [1.54, 1.807) is 14.2 Å². The van der Waals surface area contributed by atoms with E-state index in [0.29, 0.717) is 46.2 Å². The molecule has 0 fully saturated rings. The summed E-state index contributed by atoms with van der Waals surface area (Å²) in [6.07, 6.45) is 4.45. The van der Waals surface area contributed by atoms with Crippen LogP contribution in [0.3, 0.4) is 0 Å². The summed E-state index contributed by atoms with van der Waals surface area (Å²) in [7, 11) is 3.45. The maximum Gasteiger partial charge on any atom is 0.0701 e. The number of hydrogen-bond donors (Lipinski definition) is 0. The van der Waals surface area contributed by atoms with Gasteiger partial charge in [-0.05, 0) is 38.8 Å². The third kappa shape index (κ3) is 33.6. The van der Waals surface area contributed by atoms with Gasteiger partial charge in [0.25, 0.3) is 0 Å². The van der Waals surface area contributed by atoms with Crippen LogP contribution in [-0.4, -0.2) is 143 Å². The van der Waals surface area contributed by atoms with E-state index in [0.717, 1.165) is 98.0 Å². The second-order valence-corrected chi connectivity index (χ2v) is 8.73. The molecule has 0 aromatic rings. The number of nitrogens with zero attached hydrogens (tertiary/aromatic N) is 2. The highest BCUT2D eigenvalue weighted by Gasteiger charge is 2.05. The van der Waals surface area contributed by atoms with Crippen molar-refractivity contribution in [2.75, 3.05) is 133 Å². The third-order valence-corrected chi connectivity index (χ3v) is 5.22.